The molecule has 1 aromatic rings. The first-order valence-electron chi connectivity index (χ1n) is 6.28. The summed E-state index contributed by atoms with van der Waals surface area (Å²) >= 11 is 0. The maximum atomic E-state index is 4.52. The Balaban J connectivity index is 1.81. The summed E-state index contributed by atoms with van der Waals surface area (Å²) < 4.78 is 0. The lowest BCUT2D eigenvalue weighted by atomic mass is 10.1. The topological polar surface area (TPSA) is 15.6 Å². The van der Waals surface area contributed by atoms with Crippen molar-refractivity contribution >= 4 is 5.71 Å². The molecule has 0 atom stereocenters. The van der Waals surface area contributed by atoms with E-state index in [-0.39, 0.29) is 0 Å². The summed E-state index contributed by atoms with van der Waals surface area (Å²) in [6, 6.07) is 10.7. The van der Waals surface area contributed by atoms with Crippen LogP contribution in [0.2, 0.25) is 0 Å². The average Bonchev–Trinajstić information content (AvgIpc) is 2.39. The van der Waals surface area contributed by atoms with Crippen molar-refractivity contribution < 1.29 is 0 Å². The van der Waals surface area contributed by atoms with Gasteiger partial charge in [-0.05, 0) is 18.4 Å². The SMILES string of the molecule is C=CCN=C1CCN(Cc2ccccc2)CC1. The zero-order chi connectivity index (χ0) is 11.9. The molecule has 1 fully saturated rings. The lowest BCUT2D eigenvalue weighted by molar-refractivity contribution is 0.266. The van der Waals surface area contributed by atoms with Gasteiger partial charge in [0.2, 0.25) is 0 Å². The molecule has 0 aliphatic carbocycles. The van der Waals surface area contributed by atoms with E-state index in [1.54, 1.807) is 0 Å². The number of piperidine rings is 1. The van der Waals surface area contributed by atoms with E-state index in [1.807, 2.05) is 6.08 Å². The maximum absolute atomic E-state index is 4.52. The quantitative estimate of drug-likeness (QED) is 0.723. The Morgan fingerprint density at radius 2 is 1.88 bits per heavy atom. The van der Waals surface area contributed by atoms with E-state index in [9.17, 15) is 0 Å². The highest BCUT2D eigenvalue weighted by Crippen LogP contribution is 2.11. The number of benzene rings is 1. The van der Waals surface area contributed by atoms with Crippen LogP contribution < -0.4 is 0 Å². The van der Waals surface area contributed by atoms with Gasteiger partial charge in [-0.1, -0.05) is 36.4 Å². The molecule has 0 unspecified atom stereocenters. The van der Waals surface area contributed by atoms with E-state index in [4.69, 9.17) is 0 Å². The van der Waals surface area contributed by atoms with Gasteiger partial charge in [0.05, 0.1) is 6.54 Å². The summed E-state index contributed by atoms with van der Waals surface area (Å²) in [5.41, 5.74) is 2.76. The zero-order valence-electron chi connectivity index (χ0n) is 10.3. The van der Waals surface area contributed by atoms with Crippen LogP contribution in [0.4, 0.5) is 0 Å². The van der Waals surface area contributed by atoms with Gasteiger partial charge in [0, 0.05) is 25.3 Å². The summed E-state index contributed by atoms with van der Waals surface area (Å²) in [5.74, 6) is 0. The molecule has 1 saturated heterocycles. The van der Waals surface area contributed by atoms with E-state index >= 15 is 0 Å². The van der Waals surface area contributed by atoms with Crippen molar-refractivity contribution in [2.75, 3.05) is 19.6 Å². The molecule has 90 valence electrons. The minimum absolute atomic E-state index is 0.772. The van der Waals surface area contributed by atoms with Gasteiger partial charge in [0.1, 0.15) is 0 Å². The second kappa shape index (κ2) is 6.36. The van der Waals surface area contributed by atoms with Crippen LogP contribution in [0.15, 0.2) is 48.0 Å². The van der Waals surface area contributed by atoms with Gasteiger partial charge < -0.3 is 0 Å². The fraction of sp³-hybridized carbons (Fsp3) is 0.400. The molecule has 2 heteroatoms. The molecule has 1 aliphatic heterocycles. The number of likely N-dealkylation sites (tertiary alicyclic amines) is 1. The van der Waals surface area contributed by atoms with Gasteiger partial charge in [0.25, 0.3) is 0 Å². The van der Waals surface area contributed by atoms with E-state index < -0.39 is 0 Å². The lowest BCUT2D eigenvalue weighted by Crippen LogP contribution is -2.33. The van der Waals surface area contributed by atoms with E-state index in [1.165, 1.54) is 11.3 Å². The standard InChI is InChI=1S/C15H20N2/c1-2-10-16-15-8-11-17(12-9-15)13-14-6-4-3-5-7-14/h2-7H,1,8-13H2. The van der Waals surface area contributed by atoms with Crippen LogP contribution in [-0.4, -0.2) is 30.2 Å². The van der Waals surface area contributed by atoms with Crippen LogP contribution in [0.25, 0.3) is 0 Å². The molecule has 0 radical (unpaired) electrons. The van der Waals surface area contributed by atoms with Crippen molar-refractivity contribution in [2.45, 2.75) is 19.4 Å². The Bertz CT molecular complexity index is 371. The summed E-state index contributed by atoms with van der Waals surface area (Å²) in [6.45, 7) is 7.79. The Morgan fingerprint density at radius 1 is 1.18 bits per heavy atom. The van der Waals surface area contributed by atoms with Gasteiger partial charge in [-0.3, -0.25) is 9.89 Å². The fourth-order valence-corrected chi connectivity index (χ4v) is 2.16. The van der Waals surface area contributed by atoms with Crippen LogP contribution in [0.5, 0.6) is 0 Å². The molecule has 0 aromatic heterocycles. The molecule has 2 rings (SSSR count). The maximum Gasteiger partial charge on any atom is 0.0567 e. The number of hydrogen-bond donors (Lipinski definition) is 0. The Hall–Kier alpha value is -1.41. The summed E-state index contributed by atoms with van der Waals surface area (Å²) in [7, 11) is 0. The van der Waals surface area contributed by atoms with E-state index in [0.717, 1.165) is 39.0 Å². The minimum atomic E-state index is 0.772. The molecule has 1 heterocycles. The lowest BCUT2D eigenvalue weighted by Gasteiger charge is -2.27. The van der Waals surface area contributed by atoms with Gasteiger partial charge in [-0.2, -0.15) is 0 Å². The number of rotatable bonds is 4. The monoisotopic (exact) mass is 228 g/mol. The highest BCUT2D eigenvalue weighted by Gasteiger charge is 2.14. The Kier molecular flexibility index (Phi) is 4.51. The minimum Gasteiger partial charge on any atom is -0.298 e. The van der Waals surface area contributed by atoms with Crippen LogP contribution in [0.3, 0.4) is 0 Å². The first kappa shape index (κ1) is 12.1. The van der Waals surface area contributed by atoms with Gasteiger partial charge in [-0.25, -0.2) is 0 Å². The summed E-state index contributed by atoms with van der Waals surface area (Å²) in [4.78, 5) is 7.02. The average molecular weight is 228 g/mol. The smallest absolute Gasteiger partial charge is 0.0567 e. The van der Waals surface area contributed by atoms with Crippen LogP contribution >= 0.6 is 0 Å². The highest BCUT2D eigenvalue weighted by molar-refractivity contribution is 5.85. The predicted molar refractivity (Wildman–Crippen MR) is 73.5 cm³/mol. The Morgan fingerprint density at radius 3 is 2.53 bits per heavy atom. The molecular formula is C15H20N2. The number of aliphatic imine (C=N–C) groups is 1. The van der Waals surface area contributed by atoms with E-state index in [2.05, 4.69) is 46.8 Å². The first-order chi connectivity index (χ1) is 8.38. The molecule has 0 spiro atoms. The van der Waals surface area contributed by atoms with Crippen molar-refractivity contribution in [3.05, 3.63) is 48.6 Å². The predicted octanol–water partition coefficient (Wildman–Crippen LogP) is 2.91. The first-order valence-corrected chi connectivity index (χ1v) is 6.28. The van der Waals surface area contributed by atoms with Crippen molar-refractivity contribution in [1.82, 2.24) is 4.90 Å². The van der Waals surface area contributed by atoms with Crippen molar-refractivity contribution in [1.29, 1.82) is 0 Å². The van der Waals surface area contributed by atoms with Gasteiger partial charge in [-0.15, -0.1) is 6.58 Å². The largest absolute Gasteiger partial charge is 0.298 e. The third kappa shape index (κ3) is 3.82. The third-order valence-corrected chi connectivity index (χ3v) is 3.13. The molecule has 0 saturated carbocycles. The molecule has 0 bridgehead atoms. The second-order valence-electron chi connectivity index (χ2n) is 4.46. The van der Waals surface area contributed by atoms with Crippen LogP contribution in [0.1, 0.15) is 18.4 Å². The van der Waals surface area contributed by atoms with Crippen molar-refractivity contribution in [2.24, 2.45) is 4.99 Å². The van der Waals surface area contributed by atoms with Crippen LogP contribution in [-0.2, 0) is 6.54 Å². The van der Waals surface area contributed by atoms with Gasteiger partial charge in [0.15, 0.2) is 0 Å². The van der Waals surface area contributed by atoms with Crippen LogP contribution in [0, 0.1) is 0 Å². The normalized spacial score (nSPS) is 16.8. The number of nitrogens with zero attached hydrogens (tertiary/aromatic N) is 2. The highest BCUT2D eigenvalue weighted by atomic mass is 15.1. The summed E-state index contributed by atoms with van der Waals surface area (Å²) in [6.07, 6.45) is 4.09. The molecule has 1 aromatic carbocycles. The van der Waals surface area contributed by atoms with E-state index in [0.29, 0.717) is 0 Å². The molecule has 0 N–H and O–H groups in total. The number of hydrogen-bond acceptors (Lipinski definition) is 2. The Labute approximate surface area is 104 Å². The molecular weight excluding hydrogens is 208 g/mol. The molecule has 17 heavy (non-hydrogen) atoms. The zero-order valence-corrected chi connectivity index (χ0v) is 10.3. The molecule has 2 nitrogen and oxygen atoms in total. The van der Waals surface area contributed by atoms with Crippen molar-refractivity contribution in [3.63, 3.8) is 0 Å². The summed E-state index contributed by atoms with van der Waals surface area (Å²) in [5, 5.41) is 0. The van der Waals surface area contributed by atoms with Gasteiger partial charge >= 0.3 is 0 Å². The van der Waals surface area contributed by atoms with Crippen molar-refractivity contribution in [3.8, 4) is 0 Å². The third-order valence-electron chi connectivity index (χ3n) is 3.13. The molecule has 0 amide bonds. The molecule has 1 aliphatic rings. The second-order valence-corrected chi connectivity index (χ2v) is 4.46. The fourth-order valence-electron chi connectivity index (χ4n) is 2.16.